The predicted molar refractivity (Wildman–Crippen MR) is 63.3 cm³/mol. The highest BCUT2D eigenvalue weighted by molar-refractivity contribution is 5.64. The van der Waals surface area contributed by atoms with Gasteiger partial charge in [-0.2, -0.15) is 0 Å². The van der Waals surface area contributed by atoms with Gasteiger partial charge in [-0.15, -0.1) is 0 Å². The zero-order valence-electron chi connectivity index (χ0n) is 10.1. The van der Waals surface area contributed by atoms with E-state index in [2.05, 4.69) is 9.98 Å². The van der Waals surface area contributed by atoms with E-state index < -0.39 is 6.23 Å². The SMILES string of the molecule is CN1C=Nc2c(ncn2C2CCC(CO)O2)C1O. The van der Waals surface area contributed by atoms with Gasteiger partial charge in [0.2, 0.25) is 0 Å². The molecule has 0 spiro atoms. The van der Waals surface area contributed by atoms with E-state index in [0.717, 1.165) is 12.8 Å². The third kappa shape index (κ3) is 1.71. The number of rotatable bonds is 2. The summed E-state index contributed by atoms with van der Waals surface area (Å²) in [7, 11) is 1.74. The summed E-state index contributed by atoms with van der Waals surface area (Å²) in [6.45, 7) is 0.0298. The van der Waals surface area contributed by atoms with E-state index in [0.29, 0.717) is 11.5 Å². The first-order chi connectivity index (χ1) is 8.70. The normalized spacial score (nSPS) is 30.8. The highest BCUT2D eigenvalue weighted by Crippen LogP contribution is 2.36. The minimum Gasteiger partial charge on any atom is -0.394 e. The molecule has 7 nitrogen and oxygen atoms in total. The van der Waals surface area contributed by atoms with Gasteiger partial charge in [0.1, 0.15) is 11.9 Å². The maximum Gasteiger partial charge on any atom is 0.174 e. The Bertz CT molecular complexity index is 473. The van der Waals surface area contributed by atoms with Crippen LogP contribution in [0, 0.1) is 0 Å². The van der Waals surface area contributed by atoms with Crippen molar-refractivity contribution in [3.63, 3.8) is 0 Å². The van der Waals surface area contributed by atoms with Crippen LogP contribution < -0.4 is 0 Å². The standard InChI is InChI=1S/C11H16N4O3/c1-14-5-13-10-9(11(14)17)12-6-15(10)8-3-2-7(4-16)18-8/h5-8,11,16-17H,2-4H2,1H3. The molecule has 1 fully saturated rings. The molecule has 1 aromatic rings. The van der Waals surface area contributed by atoms with Gasteiger partial charge in [-0.1, -0.05) is 0 Å². The summed E-state index contributed by atoms with van der Waals surface area (Å²) in [5.41, 5.74) is 0.538. The molecule has 0 bridgehead atoms. The second-order valence-corrected chi connectivity index (χ2v) is 4.62. The van der Waals surface area contributed by atoms with Gasteiger partial charge in [0.15, 0.2) is 12.0 Å². The van der Waals surface area contributed by atoms with Crippen molar-refractivity contribution in [2.24, 2.45) is 4.99 Å². The maximum atomic E-state index is 9.96. The smallest absolute Gasteiger partial charge is 0.174 e. The Kier molecular flexibility index (Phi) is 2.81. The highest BCUT2D eigenvalue weighted by atomic mass is 16.5. The van der Waals surface area contributed by atoms with Gasteiger partial charge in [-0.3, -0.25) is 4.57 Å². The van der Waals surface area contributed by atoms with Crippen molar-refractivity contribution in [3.8, 4) is 0 Å². The Morgan fingerprint density at radius 1 is 1.50 bits per heavy atom. The number of imidazole rings is 1. The van der Waals surface area contributed by atoms with Crippen LogP contribution in [0.15, 0.2) is 11.3 Å². The molecule has 3 heterocycles. The topological polar surface area (TPSA) is 83.1 Å². The van der Waals surface area contributed by atoms with Crippen molar-refractivity contribution in [1.82, 2.24) is 14.5 Å². The van der Waals surface area contributed by atoms with E-state index >= 15 is 0 Å². The van der Waals surface area contributed by atoms with E-state index in [1.165, 1.54) is 0 Å². The van der Waals surface area contributed by atoms with Gasteiger partial charge >= 0.3 is 0 Å². The molecule has 0 radical (unpaired) electrons. The first kappa shape index (κ1) is 11.6. The molecule has 0 amide bonds. The molecule has 2 N–H and O–H groups in total. The zero-order valence-corrected chi connectivity index (χ0v) is 10.1. The number of hydrogen-bond acceptors (Lipinski definition) is 6. The minimum atomic E-state index is -0.770. The highest BCUT2D eigenvalue weighted by Gasteiger charge is 2.31. The number of fused-ring (bicyclic) bond motifs is 1. The predicted octanol–water partition coefficient (Wildman–Crippen LogP) is 0.149. The molecule has 0 aromatic carbocycles. The lowest BCUT2D eigenvalue weighted by Crippen LogP contribution is -2.26. The number of ether oxygens (including phenoxy) is 1. The quantitative estimate of drug-likeness (QED) is 0.782. The molecular formula is C11H16N4O3. The fraction of sp³-hybridized carbons (Fsp3) is 0.636. The lowest BCUT2D eigenvalue weighted by molar-refractivity contribution is -0.0218. The molecule has 98 valence electrons. The van der Waals surface area contributed by atoms with Gasteiger partial charge in [0.05, 0.1) is 25.4 Å². The lowest BCUT2D eigenvalue weighted by Gasteiger charge is -2.24. The summed E-state index contributed by atoms with van der Waals surface area (Å²) in [6.07, 6.45) is 3.79. The third-order valence-electron chi connectivity index (χ3n) is 3.39. The van der Waals surface area contributed by atoms with Gasteiger partial charge < -0.3 is 19.8 Å². The molecule has 2 aliphatic heterocycles. The average molecular weight is 252 g/mol. The lowest BCUT2D eigenvalue weighted by atomic mass is 10.2. The molecule has 1 saturated heterocycles. The second kappa shape index (κ2) is 4.34. The van der Waals surface area contributed by atoms with E-state index in [1.54, 1.807) is 24.6 Å². The molecule has 2 aliphatic rings. The number of aliphatic imine (C=N–C) groups is 1. The molecular weight excluding hydrogens is 236 g/mol. The molecule has 3 rings (SSSR count). The Labute approximate surface area is 104 Å². The summed E-state index contributed by atoms with van der Waals surface area (Å²) in [4.78, 5) is 10.1. The van der Waals surface area contributed by atoms with Crippen LogP contribution in [0.4, 0.5) is 5.82 Å². The fourth-order valence-electron chi connectivity index (χ4n) is 2.32. The van der Waals surface area contributed by atoms with Crippen molar-refractivity contribution in [2.75, 3.05) is 13.7 Å². The van der Waals surface area contributed by atoms with Crippen LogP contribution in [0.1, 0.15) is 31.0 Å². The monoisotopic (exact) mass is 252 g/mol. The Morgan fingerprint density at radius 2 is 2.33 bits per heavy atom. The van der Waals surface area contributed by atoms with E-state index in [4.69, 9.17) is 9.84 Å². The van der Waals surface area contributed by atoms with Crippen LogP contribution in [0.2, 0.25) is 0 Å². The maximum absolute atomic E-state index is 9.96. The van der Waals surface area contributed by atoms with Crippen molar-refractivity contribution in [3.05, 3.63) is 12.0 Å². The minimum absolute atomic E-state index is 0.0298. The molecule has 7 heteroatoms. The van der Waals surface area contributed by atoms with Crippen molar-refractivity contribution < 1.29 is 14.9 Å². The summed E-state index contributed by atoms with van der Waals surface area (Å²) in [5, 5.41) is 19.0. The molecule has 3 unspecified atom stereocenters. The second-order valence-electron chi connectivity index (χ2n) is 4.62. The van der Waals surface area contributed by atoms with Gasteiger partial charge in [0, 0.05) is 7.05 Å². The van der Waals surface area contributed by atoms with Crippen molar-refractivity contribution in [1.29, 1.82) is 0 Å². The first-order valence-electron chi connectivity index (χ1n) is 5.98. The molecule has 1 aromatic heterocycles. The van der Waals surface area contributed by atoms with Crippen molar-refractivity contribution in [2.45, 2.75) is 31.4 Å². The van der Waals surface area contributed by atoms with E-state index in [9.17, 15) is 5.11 Å². The van der Waals surface area contributed by atoms with Crippen molar-refractivity contribution >= 4 is 12.2 Å². The Balaban J connectivity index is 1.89. The van der Waals surface area contributed by atoms with Crippen LogP contribution in [0.3, 0.4) is 0 Å². The van der Waals surface area contributed by atoms with Crippen LogP contribution in [0.25, 0.3) is 0 Å². The van der Waals surface area contributed by atoms with Gasteiger partial charge in [0.25, 0.3) is 0 Å². The molecule has 0 saturated carbocycles. The number of aliphatic hydroxyl groups excluding tert-OH is 2. The van der Waals surface area contributed by atoms with Crippen LogP contribution in [0.5, 0.6) is 0 Å². The fourth-order valence-corrected chi connectivity index (χ4v) is 2.32. The summed E-state index contributed by atoms with van der Waals surface area (Å²) in [6, 6.07) is 0. The first-order valence-corrected chi connectivity index (χ1v) is 5.98. The average Bonchev–Trinajstić information content (AvgIpc) is 2.99. The van der Waals surface area contributed by atoms with Gasteiger partial charge in [-0.25, -0.2) is 9.98 Å². The largest absolute Gasteiger partial charge is 0.394 e. The summed E-state index contributed by atoms with van der Waals surface area (Å²) < 4.78 is 7.50. The zero-order chi connectivity index (χ0) is 12.7. The van der Waals surface area contributed by atoms with E-state index in [-0.39, 0.29) is 18.9 Å². The number of aliphatic hydroxyl groups is 2. The van der Waals surface area contributed by atoms with Crippen LogP contribution >= 0.6 is 0 Å². The number of hydrogen-bond donors (Lipinski definition) is 2. The van der Waals surface area contributed by atoms with E-state index in [1.807, 2.05) is 4.57 Å². The van der Waals surface area contributed by atoms with Crippen LogP contribution in [-0.2, 0) is 4.74 Å². The molecule has 3 atom stereocenters. The molecule has 18 heavy (non-hydrogen) atoms. The number of nitrogens with zero attached hydrogens (tertiary/aromatic N) is 4. The summed E-state index contributed by atoms with van der Waals surface area (Å²) in [5.74, 6) is 0.629. The van der Waals surface area contributed by atoms with Crippen LogP contribution in [-0.4, -0.2) is 50.8 Å². The Morgan fingerprint density at radius 3 is 3.06 bits per heavy atom. The number of aromatic nitrogens is 2. The van der Waals surface area contributed by atoms with Gasteiger partial charge in [-0.05, 0) is 12.8 Å². The summed E-state index contributed by atoms with van der Waals surface area (Å²) >= 11 is 0. The third-order valence-corrected chi connectivity index (χ3v) is 3.39. The Hall–Kier alpha value is -1.44. The molecule has 0 aliphatic carbocycles.